The number of benzene rings is 1. The van der Waals surface area contributed by atoms with Crippen LogP contribution in [0.3, 0.4) is 0 Å². The lowest BCUT2D eigenvalue weighted by atomic mass is 9.42. The molecule has 0 aromatic heterocycles. The topological polar surface area (TPSA) is 310 Å². The van der Waals surface area contributed by atoms with E-state index in [-0.39, 0.29) is 147 Å². The molecule has 7 N–H and O–H groups in total. The Balaban J connectivity index is 0.586. The first-order chi connectivity index (χ1) is 40.3. The quantitative estimate of drug-likeness (QED) is 0.0162. The van der Waals surface area contributed by atoms with E-state index in [0.29, 0.717) is 79.9 Å². The van der Waals surface area contributed by atoms with Gasteiger partial charge in [0.05, 0.1) is 56.6 Å². The zero-order valence-corrected chi connectivity index (χ0v) is 49.3. The highest BCUT2D eigenvalue weighted by Crippen LogP contribution is 2.70. The molecule has 7 amide bonds. The number of amides is 7. The highest BCUT2D eigenvalue weighted by molar-refractivity contribution is 8.00. The molecular weight excluding hydrogens is 1110 g/mol. The Kier molecular flexibility index (Phi) is 20.6. The normalized spacial score (nSPS) is 31.9. The monoisotopic (exact) mass is 1190 g/mol. The molecule has 1 aromatic carbocycles. The summed E-state index contributed by atoms with van der Waals surface area (Å²) in [6.07, 6.45) is 9.36. The molecule has 4 aliphatic heterocycles. The van der Waals surface area contributed by atoms with E-state index in [1.165, 1.54) is 4.90 Å². The van der Waals surface area contributed by atoms with Crippen LogP contribution >= 0.6 is 11.8 Å². The van der Waals surface area contributed by atoms with Crippen molar-refractivity contribution >= 4 is 70.7 Å². The zero-order chi connectivity index (χ0) is 59.8. The summed E-state index contributed by atoms with van der Waals surface area (Å²) < 4.78 is 21.8. The summed E-state index contributed by atoms with van der Waals surface area (Å²) in [4.78, 5) is 110. The number of aliphatic imine (C=N–C) groups is 1. The van der Waals surface area contributed by atoms with Gasteiger partial charge in [-0.3, -0.25) is 33.9 Å². The van der Waals surface area contributed by atoms with E-state index in [2.05, 4.69) is 33.2 Å². The number of carbonyl (C=O) groups excluding carboxylic acids is 8. The van der Waals surface area contributed by atoms with Gasteiger partial charge in [-0.1, -0.05) is 50.6 Å². The molecule has 12 unspecified atom stereocenters. The molecule has 4 saturated carbocycles. The van der Waals surface area contributed by atoms with Gasteiger partial charge in [-0.2, -0.15) is 11.8 Å². The molecule has 0 radical (unpaired) electrons. The van der Waals surface area contributed by atoms with Crippen LogP contribution in [0.25, 0.3) is 5.70 Å². The second-order valence-corrected chi connectivity index (χ2v) is 25.6. The second-order valence-electron chi connectivity index (χ2n) is 24.3. The number of cyclic esters (lactones) is 1. The lowest BCUT2D eigenvalue weighted by Crippen LogP contribution is -2.67. The Morgan fingerprint density at radius 2 is 1.55 bits per heavy atom. The number of aliphatic hydroxyl groups excluding tert-OH is 2. The summed E-state index contributed by atoms with van der Waals surface area (Å²) in [5.74, 6) is -2.35. The lowest BCUT2D eigenvalue weighted by molar-refractivity contribution is -0.243. The number of rotatable bonds is 27. The van der Waals surface area contributed by atoms with Crippen molar-refractivity contribution in [3.63, 3.8) is 0 Å². The summed E-state index contributed by atoms with van der Waals surface area (Å²) in [5, 5.41) is 48.4. The number of unbranched alkanes of at least 4 members (excludes halogenated alkanes) is 1. The number of imide groups is 1. The molecule has 8 aliphatic rings. The SMILES string of the molecule is CC(CCC(=O)ON1C(=O)CCC1=O)=N/C(=C(\O)N1C(=O)NC2C(CCCCC(=O)NCCOCCOCCNC(=O)COCC(=O)NC3CCC4(C)C(CCC5C4CC(O)C4(C)C(C6=CC(=O)OC6)CCC54O)C3)SCC21)c1ccccc1. The van der Waals surface area contributed by atoms with Crippen LogP contribution in [0, 0.1) is 34.5 Å². The largest absolute Gasteiger partial charge is 0.493 e. The van der Waals surface area contributed by atoms with Crippen LogP contribution in [0.4, 0.5) is 4.79 Å². The van der Waals surface area contributed by atoms with Crippen LogP contribution in [0.1, 0.15) is 129 Å². The Hall–Kier alpha value is -5.92. The maximum atomic E-state index is 13.4. The first-order valence-corrected chi connectivity index (χ1v) is 31.0. The predicted octanol–water partition coefficient (Wildman–Crippen LogP) is 4.15. The van der Waals surface area contributed by atoms with Crippen LogP contribution in [-0.2, 0) is 57.3 Å². The number of ether oxygens (including phenoxy) is 4. The molecule has 0 spiro atoms. The standard InChI is InChI=1S/C60H83N7O16S/c1-36(13-18-52(74)83-67-50(72)16-17-51(67)73)63-54(37-9-5-4-6-10-37)56(76)66-44-35-84-45(55(44)65-57(66)77)11-7-8-12-47(69)61-23-25-79-27-28-80-26-24-62-48(70)33-81-34-49(71)64-40-19-21-58(2)39(30-40)14-15-42-43(58)31-46(68)59(3)41(20-22-60(42,59)78)38-29-53(75)82-32-38/h4-6,9-10,29,39-46,55,68,76,78H,7-8,11-28,30-35H2,1-3H3,(H,61,69)(H,62,70)(H,64,71)(H,65,77)/b56-54-,63-36?. The Morgan fingerprint density at radius 1 is 0.833 bits per heavy atom. The molecule has 0 bridgehead atoms. The smallest absolute Gasteiger partial charge is 0.333 e. The van der Waals surface area contributed by atoms with Crippen molar-refractivity contribution in [2.24, 2.45) is 39.5 Å². The minimum absolute atomic E-state index is 0.0127. The Morgan fingerprint density at radius 3 is 2.26 bits per heavy atom. The highest BCUT2D eigenvalue weighted by atomic mass is 32.2. The highest BCUT2D eigenvalue weighted by Gasteiger charge is 2.71. The zero-order valence-electron chi connectivity index (χ0n) is 48.4. The second kappa shape index (κ2) is 27.6. The third-order valence-electron chi connectivity index (χ3n) is 19.4. The molecule has 7 fully saturated rings. The van der Waals surface area contributed by atoms with Crippen molar-refractivity contribution in [3.05, 3.63) is 53.4 Å². The first kappa shape index (κ1) is 62.6. The van der Waals surface area contributed by atoms with Crippen molar-refractivity contribution in [1.29, 1.82) is 0 Å². The predicted molar refractivity (Wildman–Crippen MR) is 306 cm³/mol. The van der Waals surface area contributed by atoms with Gasteiger partial charge in [0.1, 0.15) is 25.5 Å². The van der Waals surface area contributed by atoms with Gasteiger partial charge in [-0.15, -0.1) is 5.06 Å². The van der Waals surface area contributed by atoms with Gasteiger partial charge < -0.3 is 60.4 Å². The third kappa shape index (κ3) is 13.8. The van der Waals surface area contributed by atoms with Gasteiger partial charge in [-0.05, 0) is 112 Å². The van der Waals surface area contributed by atoms with E-state index < -0.39 is 40.9 Å². The van der Waals surface area contributed by atoms with Gasteiger partial charge >= 0.3 is 18.0 Å². The number of hydrogen-bond donors (Lipinski definition) is 7. The molecule has 1 aromatic rings. The molecule has 84 heavy (non-hydrogen) atoms. The lowest BCUT2D eigenvalue weighted by Gasteiger charge is -2.65. The van der Waals surface area contributed by atoms with Gasteiger partial charge in [-0.25, -0.2) is 14.4 Å². The molecule has 23 nitrogen and oxygen atoms in total. The average Bonchev–Trinajstić information content (AvgIpc) is 1.37. The van der Waals surface area contributed by atoms with Gasteiger partial charge in [0.15, 0.2) is 0 Å². The van der Waals surface area contributed by atoms with Crippen molar-refractivity contribution in [3.8, 4) is 0 Å². The number of hydroxylamine groups is 2. The number of hydrogen-bond acceptors (Lipinski definition) is 18. The van der Waals surface area contributed by atoms with Crippen molar-refractivity contribution in [2.75, 3.05) is 65.1 Å². The maximum absolute atomic E-state index is 13.4. The van der Waals surface area contributed by atoms with Crippen LogP contribution in [0.15, 0.2) is 52.9 Å². The molecule has 4 heterocycles. The van der Waals surface area contributed by atoms with E-state index in [9.17, 15) is 53.7 Å². The number of esters is 1. The van der Waals surface area contributed by atoms with E-state index in [1.54, 1.807) is 49.0 Å². The maximum Gasteiger partial charge on any atom is 0.333 e. The van der Waals surface area contributed by atoms with Gasteiger partial charge in [0, 0.05) is 72.2 Å². The molecule has 9 rings (SSSR count). The number of urea groups is 1. The number of carbonyl (C=O) groups is 8. The summed E-state index contributed by atoms with van der Waals surface area (Å²) >= 11 is 1.70. The number of aliphatic hydroxyl groups is 3. The third-order valence-corrected chi connectivity index (χ3v) is 20.9. The first-order valence-electron chi connectivity index (χ1n) is 29.9. The minimum atomic E-state index is -1.04. The van der Waals surface area contributed by atoms with Crippen LogP contribution in [-0.4, -0.2) is 179 Å². The van der Waals surface area contributed by atoms with E-state index >= 15 is 0 Å². The fraction of sp³-hybridized carbons (Fsp3) is 0.683. The van der Waals surface area contributed by atoms with Gasteiger partial charge in [0.25, 0.3) is 11.8 Å². The average molecular weight is 1190 g/mol. The Labute approximate surface area is 494 Å². The van der Waals surface area contributed by atoms with Crippen LogP contribution < -0.4 is 21.3 Å². The fourth-order valence-electron chi connectivity index (χ4n) is 14.9. The van der Waals surface area contributed by atoms with Crippen molar-refractivity contribution in [2.45, 2.75) is 159 Å². The van der Waals surface area contributed by atoms with Crippen LogP contribution in [0.2, 0.25) is 0 Å². The number of nitrogens with zero attached hydrogens (tertiary/aromatic N) is 3. The Bertz CT molecular complexity index is 2710. The number of nitrogens with one attached hydrogen (secondary N) is 4. The van der Waals surface area contributed by atoms with Crippen LogP contribution in [0.5, 0.6) is 0 Å². The summed E-state index contributed by atoms with van der Waals surface area (Å²) in [6, 6.07) is 7.82. The van der Waals surface area contributed by atoms with Gasteiger partial charge in [0.2, 0.25) is 23.6 Å². The fourth-order valence-corrected chi connectivity index (χ4v) is 16.5. The minimum Gasteiger partial charge on any atom is -0.493 e. The van der Waals surface area contributed by atoms with Crippen molar-refractivity contribution in [1.82, 2.24) is 31.2 Å². The summed E-state index contributed by atoms with van der Waals surface area (Å²) in [5.41, 5.74) is 0.158. The summed E-state index contributed by atoms with van der Waals surface area (Å²) in [7, 11) is 0. The molecule has 3 saturated heterocycles. The number of thioether (sulfide) groups is 1. The molecular formula is C60H83N7O16S. The molecule has 24 heteroatoms. The number of fused-ring (bicyclic) bond motifs is 6. The summed E-state index contributed by atoms with van der Waals surface area (Å²) in [6.45, 7) is 7.42. The van der Waals surface area contributed by atoms with E-state index in [1.807, 2.05) is 13.0 Å². The molecule has 460 valence electrons. The molecule has 12 atom stereocenters. The molecule has 4 aliphatic carbocycles. The van der Waals surface area contributed by atoms with Crippen molar-refractivity contribution < 1.29 is 77.5 Å². The van der Waals surface area contributed by atoms with E-state index in [0.717, 1.165) is 50.5 Å². The van der Waals surface area contributed by atoms with E-state index in [4.69, 9.17) is 23.8 Å².